The van der Waals surface area contributed by atoms with Crippen molar-refractivity contribution in [2.24, 2.45) is 5.73 Å². The van der Waals surface area contributed by atoms with Crippen molar-refractivity contribution in [3.63, 3.8) is 0 Å². The Hall–Kier alpha value is -1.66. The Morgan fingerprint density at radius 3 is 2.77 bits per heavy atom. The summed E-state index contributed by atoms with van der Waals surface area (Å²) in [5.41, 5.74) is 5.70. The third-order valence-electron chi connectivity index (χ3n) is 3.82. The highest BCUT2D eigenvalue weighted by Gasteiger charge is 2.26. The van der Waals surface area contributed by atoms with Gasteiger partial charge < -0.3 is 20.1 Å². The van der Waals surface area contributed by atoms with Gasteiger partial charge in [-0.2, -0.15) is 0 Å². The molecule has 1 amide bonds. The summed E-state index contributed by atoms with van der Waals surface area (Å²) in [4.78, 5) is 14.2. The van der Waals surface area contributed by atoms with E-state index in [9.17, 15) is 9.18 Å². The zero-order valence-corrected chi connectivity index (χ0v) is 12.9. The lowest BCUT2D eigenvalue weighted by Gasteiger charge is -2.32. The summed E-state index contributed by atoms with van der Waals surface area (Å²) in [6.07, 6.45) is 2.59. The molecule has 1 aliphatic rings. The number of carbonyl (C=O) groups excluding carboxylic acids is 1. The van der Waals surface area contributed by atoms with Gasteiger partial charge in [-0.25, -0.2) is 4.39 Å². The summed E-state index contributed by atoms with van der Waals surface area (Å²) in [6.45, 7) is 2.49. The first kappa shape index (κ1) is 16.7. The van der Waals surface area contributed by atoms with Gasteiger partial charge in [0.15, 0.2) is 0 Å². The van der Waals surface area contributed by atoms with Gasteiger partial charge in [-0.3, -0.25) is 4.79 Å². The monoisotopic (exact) mass is 310 g/mol. The van der Waals surface area contributed by atoms with Gasteiger partial charge in [0, 0.05) is 19.7 Å². The summed E-state index contributed by atoms with van der Waals surface area (Å²) < 4.78 is 24.3. The topological polar surface area (TPSA) is 64.8 Å². The van der Waals surface area contributed by atoms with E-state index in [0.29, 0.717) is 32.0 Å². The van der Waals surface area contributed by atoms with Gasteiger partial charge >= 0.3 is 0 Å². The fourth-order valence-corrected chi connectivity index (χ4v) is 2.58. The fraction of sp³-hybridized carbons (Fsp3) is 0.562. The Morgan fingerprint density at radius 1 is 1.41 bits per heavy atom. The second-order valence-corrected chi connectivity index (χ2v) is 5.35. The van der Waals surface area contributed by atoms with E-state index < -0.39 is 5.82 Å². The van der Waals surface area contributed by atoms with Crippen LogP contribution in [0.1, 0.15) is 29.6 Å². The number of hydrogen-bond acceptors (Lipinski definition) is 4. The number of likely N-dealkylation sites (tertiary alicyclic amines) is 1. The van der Waals surface area contributed by atoms with Gasteiger partial charge in [0.25, 0.3) is 5.91 Å². The molecule has 2 rings (SSSR count). The number of amides is 1. The molecule has 0 spiro atoms. The van der Waals surface area contributed by atoms with Crippen molar-refractivity contribution in [1.82, 2.24) is 4.90 Å². The van der Waals surface area contributed by atoms with E-state index in [2.05, 4.69) is 0 Å². The lowest BCUT2D eigenvalue weighted by atomic mass is 10.1. The molecule has 1 fully saturated rings. The van der Waals surface area contributed by atoms with Crippen molar-refractivity contribution in [2.75, 3.05) is 33.4 Å². The second kappa shape index (κ2) is 8.10. The smallest absolute Gasteiger partial charge is 0.257 e. The number of carbonyl (C=O) groups is 1. The van der Waals surface area contributed by atoms with Crippen molar-refractivity contribution in [3.8, 4) is 5.75 Å². The fourth-order valence-electron chi connectivity index (χ4n) is 2.58. The molecular formula is C16H23FN2O3. The predicted molar refractivity (Wildman–Crippen MR) is 81.5 cm³/mol. The molecule has 0 radical (unpaired) electrons. The number of nitrogens with two attached hydrogens (primary N) is 1. The number of methoxy groups -OCH3 is 1. The molecule has 2 N–H and O–H groups in total. The number of hydrogen-bond donors (Lipinski definition) is 1. The molecule has 1 saturated heterocycles. The molecular weight excluding hydrogens is 287 g/mol. The lowest BCUT2D eigenvalue weighted by molar-refractivity contribution is 0.00836. The van der Waals surface area contributed by atoms with Gasteiger partial charge in [-0.1, -0.05) is 0 Å². The molecule has 5 nitrogen and oxygen atoms in total. The average Bonchev–Trinajstić information content (AvgIpc) is 2.55. The molecule has 6 heteroatoms. The average molecular weight is 310 g/mol. The van der Waals surface area contributed by atoms with E-state index in [4.69, 9.17) is 15.2 Å². The van der Waals surface area contributed by atoms with Crippen LogP contribution in [0.3, 0.4) is 0 Å². The molecule has 0 aliphatic carbocycles. The van der Waals surface area contributed by atoms with Gasteiger partial charge in [0.05, 0.1) is 18.8 Å². The zero-order valence-electron chi connectivity index (χ0n) is 12.9. The van der Waals surface area contributed by atoms with E-state index >= 15 is 0 Å². The molecule has 0 unspecified atom stereocenters. The Bertz CT molecular complexity index is 502. The maximum absolute atomic E-state index is 13.4. The summed E-state index contributed by atoms with van der Waals surface area (Å²) >= 11 is 0. The van der Waals surface area contributed by atoms with Crippen LogP contribution in [0.2, 0.25) is 0 Å². The lowest BCUT2D eigenvalue weighted by Crippen LogP contribution is -2.41. The molecule has 122 valence electrons. The summed E-state index contributed by atoms with van der Waals surface area (Å²) in [5.74, 6) is -0.242. The SMILES string of the molecule is COc1ccc(F)cc1C(=O)N1CCC(OCCCN)CC1. The van der Waals surface area contributed by atoms with Crippen molar-refractivity contribution in [3.05, 3.63) is 29.6 Å². The van der Waals surface area contributed by atoms with Crippen molar-refractivity contribution < 1.29 is 18.7 Å². The first-order valence-electron chi connectivity index (χ1n) is 7.60. The Balaban J connectivity index is 1.94. The first-order chi connectivity index (χ1) is 10.7. The Labute approximate surface area is 130 Å². The standard InChI is InChI=1S/C16H23FN2O3/c1-21-15-4-3-12(17)11-14(15)16(20)19-8-5-13(6-9-19)22-10-2-7-18/h3-4,11,13H,2,5-10,18H2,1H3. The summed E-state index contributed by atoms with van der Waals surface area (Å²) in [6, 6.07) is 3.99. The minimum Gasteiger partial charge on any atom is -0.496 e. The van der Waals surface area contributed by atoms with Crippen LogP contribution >= 0.6 is 0 Å². The van der Waals surface area contributed by atoms with Crippen molar-refractivity contribution >= 4 is 5.91 Å². The molecule has 22 heavy (non-hydrogen) atoms. The minimum atomic E-state index is -0.441. The molecule has 0 aromatic heterocycles. The quantitative estimate of drug-likeness (QED) is 0.814. The molecule has 1 heterocycles. The van der Waals surface area contributed by atoms with Gasteiger partial charge in [-0.15, -0.1) is 0 Å². The van der Waals surface area contributed by atoms with E-state index in [0.717, 1.165) is 19.3 Å². The molecule has 1 aromatic carbocycles. The van der Waals surface area contributed by atoms with E-state index in [1.807, 2.05) is 0 Å². The number of ether oxygens (including phenoxy) is 2. The minimum absolute atomic E-state index is 0.171. The summed E-state index contributed by atoms with van der Waals surface area (Å²) in [7, 11) is 1.47. The van der Waals surface area contributed by atoms with Crippen LogP contribution in [0.5, 0.6) is 5.75 Å². The molecule has 1 aliphatic heterocycles. The number of halogens is 1. The predicted octanol–water partition coefficient (Wildman–Crippen LogP) is 1.80. The molecule has 1 aromatic rings. The van der Waals surface area contributed by atoms with Crippen molar-refractivity contribution in [1.29, 1.82) is 0 Å². The van der Waals surface area contributed by atoms with Crippen LogP contribution in [0.4, 0.5) is 4.39 Å². The third kappa shape index (κ3) is 4.18. The number of piperidine rings is 1. The Morgan fingerprint density at radius 2 is 2.14 bits per heavy atom. The van der Waals surface area contributed by atoms with Gasteiger partial charge in [-0.05, 0) is 44.0 Å². The highest BCUT2D eigenvalue weighted by Crippen LogP contribution is 2.23. The van der Waals surface area contributed by atoms with Crippen molar-refractivity contribution in [2.45, 2.75) is 25.4 Å². The zero-order chi connectivity index (χ0) is 15.9. The van der Waals surface area contributed by atoms with Crippen LogP contribution in [-0.2, 0) is 4.74 Å². The van der Waals surface area contributed by atoms with E-state index in [1.54, 1.807) is 4.90 Å². The highest BCUT2D eigenvalue weighted by atomic mass is 19.1. The number of benzene rings is 1. The van der Waals surface area contributed by atoms with Crippen LogP contribution < -0.4 is 10.5 Å². The normalized spacial score (nSPS) is 15.9. The largest absolute Gasteiger partial charge is 0.496 e. The molecule has 0 atom stereocenters. The Kier molecular flexibility index (Phi) is 6.15. The van der Waals surface area contributed by atoms with Gasteiger partial charge in [0.2, 0.25) is 0 Å². The second-order valence-electron chi connectivity index (χ2n) is 5.35. The van der Waals surface area contributed by atoms with E-state index in [-0.39, 0.29) is 17.6 Å². The number of rotatable bonds is 6. The van der Waals surface area contributed by atoms with E-state index in [1.165, 1.54) is 25.3 Å². The number of nitrogens with zero attached hydrogens (tertiary/aromatic N) is 1. The van der Waals surface area contributed by atoms with Crippen LogP contribution in [0.25, 0.3) is 0 Å². The molecule has 0 saturated carbocycles. The summed E-state index contributed by atoms with van der Waals surface area (Å²) in [5, 5.41) is 0. The first-order valence-corrected chi connectivity index (χ1v) is 7.60. The van der Waals surface area contributed by atoms with Crippen LogP contribution in [0, 0.1) is 5.82 Å². The van der Waals surface area contributed by atoms with Gasteiger partial charge in [0.1, 0.15) is 11.6 Å². The maximum Gasteiger partial charge on any atom is 0.257 e. The van der Waals surface area contributed by atoms with Crippen LogP contribution in [0.15, 0.2) is 18.2 Å². The molecule has 0 bridgehead atoms. The third-order valence-corrected chi connectivity index (χ3v) is 3.82. The highest BCUT2D eigenvalue weighted by molar-refractivity contribution is 5.97. The van der Waals surface area contributed by atoms with Crippen LogP contribution in [-0.4, -0.2) is 50.3 Å². The maximum atomic E-state index is 13.4.